The quantitative estimate of drug-likeness (QED) is 0.903. The van der Waals surface area contributed by atoms with Gasteiger partial charge in [-0.25, -0.2) is 9.97 Å². The standard InChI is InChI=1S/C13H15N3O3/c1-17-10-4-8(5-11(18-2)12(10)19-3)13-15-6-9(14)7-16-13/h4-7H,14H2,1-3H3. The van der Waals surface area contributed by atoms with E-state index in [0.29, 0.717) is 28.8 Å². The molecule has 1 aromatic heterocycles. The Morgan fingerprint density at radius 1 is 0.895 bits per heavy atom. The van der Waals surface area contributed by atoms with Crippen molar-refractivity contribution in [2.24, 2.45) is 0 Å². The van der Waals surface area contributed by atoms with E-state index in [1.54, 1.807) is 45.9 Å². The van der Waals surface area contributed by atoms with Gasteiger partial charge in [0, 0.05) is 5.56 Å². The number of nitrogen functional groups attached to an aromatic ring is 1. The number of ether oxygens (including phenoxy) is 3. The lowest BCUT2D eigenvalue weighted by molar-refractivity contribution is 0.324. The molecular formula is C13H15N3O3. The lowest BCUT2D eigenvalue weighted by Gasteiger charge is -2.13. The number of methoxy groups -OCH3 is 3. The van der Waals surface area contributed by atoms with Gasteiger partial charge in [0.15, 0.2) is 17.3 Å². The van der Waals surface area contributed by atoms with Crippen LogP contribution in [-0.2, 0) is 0 Å². The maximum absolute atomic E-state index is 5.57. The summed E-state index contributed by atoms with van der Waals surface area (Å²) in [5.41, 5.74) is 6.84. The molecule has 0 amide bonds. The molecule has 0 fully saturated rings. The van der Waals surface area contributed by atoms with E-state index in [1.807, 2.05) is 0 Å². The van der Waals surface area contributed by atoms with Crippen LogP contribution in [0.25, 0.3) is 11.4 Å². The van der Waals surface area contributed by atoms with Gasteiger partial charge in [-0.3, -0.25) is 0 Å². The number of nitrogens with two attached hydrogens (primary N) is 1. The Labute approximate surface area is 111 Å². The van der Waals surface area contributed by atoms with Gasteiger partial charge in [-0.05, 0) is 12.1 Å². The van der Waals surface area contributed by atoms with Crippen molar-refractivity contribution in [3.8, 4) is 28.6 Å². The summed E-state index contributed by atoms with van der Waals surface area (Å²) in [5, 5.41) is 0. The van der Waals surface area contributed by atoms with Crippen LogP contribution >= 0.6 is 0 Å². The number of rotatable bonds is 4. The number of benzene rings is 1. The van der Waals surface area contributed by atoms with Crippen LogP contribution in [0.2, 0.25) is 0 Å². The molecule has 100 valence electrons. The largest absolute Gasteiger partial charge is 0.493 e. The minimum absolute atomic E-state index is 0.510. The maximum atomic E-state index is 5.57. The first-order valence-corrected chi connectivity index (χ1v) is 5.57. The average Bonchev–Trinajstić information content (AvgIpc) is 2.46. The Hall–Kier alpha value is -2.50. The molecule has 0 atom stereocenters. The van der Waals surface area contributed by atoms with Gasteiger partial charge < -0.3 is 19.9 Å². The number of hydrogen-bond acceptors (Lipinski definition) is 6. The van der Waals surface area contributed by atoms with Gasteiger partial charge in [-0.2, -0.15) is 0 Å². The molecule has 1 heterocycles. The third-order valence-corrected chi connectivity index (χ3v) is 2.59. The Morgan fingerprint density at radius 2 is 1.42 bits per heavy atom. The Bertz CT molecular complexity index is 545. The number of anilines is 1. The minimum Gasteiger partial charge on any atom is -0.493 e. The van der Waals surface area contributed by atoms with Gasteiger partial charge >= 0.3 is 0 Å². The highest BCUT2D eigenvalue weighted by atomic mass is 16.5. The molecule has 2 rings (SSSR count). The fourth-order valence-electron chi connectivity index (χ4n) is 1.70. The topological polar surface area (TPSA) is 79.5 Å². The maximum Gasteiger partial charge on any atom is 0.203 e. The molecule has 2 aromatic rings. The molecule has 0 unspecified atom stereocenters. The van der Waals surface area contributed by atoms with Crippen LogP contribution in [-0.4, -0.2) is 31.3 Å². The van der Waals surface area contributed by atoms with Crippen molar-refractivity contribution >= 4 is 5.69 Å². The average molecular weight is 261 g/mol. The minimum atomic E-state index is 0.510. The molecule has 0 saturated carbocycles. The first-order chi connectivity index (χ1) is 9.19. The van der Waals surface area contributed by atoms with Gasteiger partial charge in [0.25, 0.3) is 0 Å². The zero-order chi connectivity index (χ0) is 13.8. The molecule has 6 nitrogen and oxygen atoms in total. The summed E-state index contributed by atoms with van der Waals surface area (Å²) < 4.78 is 15.8. The summed E-state index contributed by atoms with van der Waals surface area (Å²) in [7, 11) is 4.68. The van der Waals surface area contributed by atoms with Gasteiger partial charge in [0.05, 0.1) is 39.4 Å². The first kappa shape index (κ1) is 12.9. The van der Waals surface area contributed by atoms with Gasteiger partial charge in [-0.15, -0.1) is 0 Å². The summed E-state index contributed by atoms with van der Waals surface area (Å²) in [4.78, 5) is 8.33. The van der Waals surface area contributed by atoms with Crippen LogP contribution in [0.1, 0.15) is 0 Å². The van der Waals surface area contributed by atoms with E-state index in [1.165, 1.54) is 0 Å². The highest BCUT2D eigenvalue weighted by molar-refractivity contribution is 5.66. The van der Waals surface area contributed by atoms with Crippen LogP contribution < -0.4 is 19.9 Å². The second-order valence-electron chi connectivity index (χ2n) is 3.75. The molecule has 0 spiro atoms. The number of nitrogens with zero attached hydrogens (tertiary/aromatic N) is 2. The summed E-state index contributed by atoms with van der Waals surface area (Å²) in [6.45, 7) is 0. The van der Waals surface area contributed by atoms with Crippen LogP contribution in [0, 0.1) is 0 Å². The first-order valence-electron chi connectivity index (χ1n) is 5.57. The molecule has 2 N–H and O–H groups in total. The van der Waals surface area contributed by atoms with Crippen molar-refractivity contribution in [1.82, 2.24) is 9.97 Å². The second kappa shape index (κ2) is 5.43. The second-order valence-corrected chi connectivity index (χ2v) is 3.75. The summed E-state index contributed by atoms with van der Waals surface area (Å²) in [6.07, 6.45) is 3.09. The molecule has 6 heteroatoms. The van der Waals surface area contributed by atoms with E-state index in [-0.39, 0.29) is 0 Å². The molecule has 0 aliphatic carbocycles. The van der Waals surface area contributed by atoms with Crippen molar-refractivity contribution in [2.45, 2.75) is 0 Å². The van der Waals surface area contributed by atoms with Crippen molar-refractivity contribution in [3.63, 3.8) is 0 Å². The molecule has 19 heavy (non-hydrogen) atoms. The van der Waals surface area contributed by atoms with E-state index in [9.17, 15) is 0 Å². The zero-order valence-corrected chi connectivity index (χ0v) is 11.0. The smallest absolute Gasteiger partial charge is 0.203 e. The fourth-order valence-corrected chi connectivity index (χ4v) is 1.70. The van der Waals surface area contributed by atoms with Crippen molar-refractivity contribution in [3.05, 3.63) is 24.5 Å². The van der Waals surface area contributed by atoms with Gasteiger partial charge in [-0.1, -0.05) is 0 Å². The Kier molecular flexibility index (Phi) is 3.70. The number of hydrogen-bond donors (Lipinski definition) is 1. The molecule has 0 aliphatic heterocycles. The number of aromatic nitrogens is 2. The molecule has 0 saturated heterocycles. The van der Waals surface area contributed by atoms with E-state index < -0.39 is 0 Å². The third kappa shape index (κ3) is 2.52. The van der Waals surface area contributed by atoms with Crippen LogP contribution in [0.15, 0.2) is 24.5 Å². The molecule has 0 aliphatic rings. The van der Waals surface area contributed by atoms with Crippen molar-refractivity contribution in [2.75, 3.05) is 27.1 Å². The SMILES string of the molecule is COc1cc(-c2ncc(N)cn2)cc(OC)c1OC. The molecular weight excluding hydrogens is 246 g/mol. The summed E-state index contributed by atoms with van der Waals surface area (Å²) in [6, 6.07) is 3.57. The molecule has 0 radical (unpaired) electrons. The van der Waals surface area contributed by atoms with E-state index in [4.69, 9.17) is 19.9 Å². The van der Waals surface area contributed by atoms with Crippen LogP contribution in [0.4, 0.5) is 5.69 Å². The van der Waals surface area contributed by atoms with E-state index in [2.05, 4.69) is 9.97 Å². The molecule has 0 bridgehead atoms. The van der Waals surface area contributed by atoms with Gasteiger partial charge in [0.2, 0.25) is 5.75 Å². The fraction of sp³-hybridized carbons (Fsp3) is 0.231. The highest BCUT2D eigenvalue weighted by Crippen LogP contribution is 2.40. The van der Waals surface area contributed by atoms with Crippen LogP contribution in [0.3, 0.4) is 0 Å². The summed E-state index contributed by atoms with van der Waals surface area (Å²) in [5.74, 6) is 2.17. The van der Waals surface area contributed by atoms with Crippen molar-refractivity contribution in [1.29, 1.82) is 0 Å². The Balaban J connectivity index is 2.55. The van der Waals surface area contributed by atoms with E-state index in [0.717, 1.165) is 5.56 Å². The third-order valence-electron chi connectivity index (χ3n) is 2.59. The molecule has 1 aromatic carbocycles. The van der Waals surface area contributed by atoms with Gasteiger partial charge in [0.1, 0.15) is 0 Å². The normalized spacial score (nSPS) is 10.1. The van der Waals surface area contributed by atoms with Crippen LogP contribution in [0.5, 0.6) is 17.2 Å². The van der Waals surface area contributed by atoms with Crippen molar-refractivity contribution < 1.29 is 14.2 Å². The zero-order valence-electron chi connectivity index (χ0n) is 11.0. The lowest BCUT2D eigenvalue weighted by Crippen LogP contribution is -1.97. The van der Waals surface area contributed by atoms with E-state index >= 15 is 0 Å². The Morgan fingerprint density at radius 3 is 1.84 bits per heavy atom. The predicted molar refractivity (Wildman–Crippen MR) is 71.5 cm³/mol. The monoisotopic (exact) mass is 261 g/mol. The highest BCUT2D eigenvalue weighted by Gasteiger charge is 2.15. The predicted octanol–water partition coefficient (Wildman–Crippen LogP) is 1.75. The summed E-state index contributed by atoms with van der Waals surface area (Å²) >= 11 is 0. The lowest BCUT2D eigenvalue weighted by atomic mass is 10.1.